The van der Waals surface area contributed by atoms with Crippen LogP contribution in [0.15, 0.2) is 12.1 Å². The number of phenols is 1. The van der Waals surface area contributed by atoms with Crippen molar-refractivity contribution in [1.29, 1.82) is 0 Å². The molecule has 0 aliphatic rings. The number of benzene rings is 1. The number of carbonyl (C=O) groups is 1. The van der Waals surface area contributed by atoms with Gasteiger partial charge in [-0.1, -0.05) is 6.07 Å². The Bertz CT molecular complexity index is 292. The average Bonchev–Trinajstić information content (AvgIpc) is 2.18. The average molecular weight is 182 g/mol. The molecule has 0 saturated heterocycles. The zero-order chi connectivity index (χ0) is 10.4. The van der Waals surface area contributed by atoms with Crippen LogP contribution in [-0.2, 0) is 0 Å². The Morgan fingerprint density at radius 1 is 1.23 bits per heavy atom. The molecule has 1 aromatic carbocycles. The van der Waals surface area contributed by atoms with Crippen LogP contribution >= 0.6 is 0 Å². The monoisotopic (exact) mass is 182 g/mol. The van der Waals surface area contributed by atoms with Crippen LogP contribution in [0.25, 0.3) is 0 Å². The van der Waals surface area contributed by atoms with Crippen molar-refractivity contribution in [3.63, 3.8) is 0 Å². The summed E-state index contributed by atoms with van der Waals surface area (Å²) in [5.41, 5.74) is 2.12. The Hall–Kier alpha value is -1.35. The summed E-state index contributed by atoms with van der Waals surface area (Å²) in [6, 6.07) is 3.43. The maximum atomic E-state index is 10.3. The standard InChI is InChI=1S/C9H10O2.CH4O/c1-6-3-4-8(5-10)9(11)7(6)2;1-2/h3-5,11H,1-2H3;2H,1H3. The first-order chi connectivity index (χ1) is 6.16. The van der Waals surface area contributed by atoms with E-state index in [1.807, 2.05) is 13.0 Å². The number of aryl methyl sites for hydroxylation is 1. The molecule has 0 aliphatic carbocycles. The third-order valence-electron chi connectivity index (χ3n) is 1.86. The number of hydrogen-bond acceptors (Lipinski definition) is 3. The lowest BCUT2D eigenvalue weighted by Gasteiger charge is -2.03. The van der Waals surface area contributed by atoms with Crippen molar-refractivity contribution in [1.82, 2.24) is 0 Å². The summed E-state index contributed by atoms with van der Waals surface area (Å²) in [7, 11) is 1.00. The van der Waals surface area contributed by atoms with Gasteiger partial charge in [-0.2, -0.15) is 0 Å². The van der Waals surface area contributed by atoms with E-state index in [2.05, 4.69) is 0 Å². The van der Waals surface area contributed by atoms with Gasteiger partial charge in [0.15, 0.2) is 6.29 Å². The van der Waals surface area contributed by atoms with Crippen molar-refractivity contribution in [3.8, 4) is 5.75 Å². The Morgan fingerprint density at radius 3 is 2.23 bits per heavy atom. The number of rotatable bonds is 1. The molecule has 72 valence electrons. The SMILES string of the molecule is CO.Cc1ccc(C=O)c(O)c1C. The lowest BCUT2D eigenvalue weighted by molar-refractivity contribution is 0.112. The molecule has 13 heavy (non-hydrogen) atoms. The maximum Gasteiger partial charge on any atom is 0.153 e. The Morgan fingerprint density at radius 2 is 1.77 bits per heavy atom. The van der Waals surface area contributed by atoms with Gasteiger partial charge < -0.3 is 10.2 Å². The van der Waals surface area contributed by atoms with Gasteiger partial charge in [-0.3, -0.25) is 4.79 Å². The second kappa shape index (κ2) is 5.32. The van der Waals surface area contributed by atoms with Crippen molar-refractivity contribution in [2.45, 2.75) is 13.8 Å². The predicted octanol–water partition coefficient (Wildman–Crippen LogP) is 1.43. The van der Waals surface area contributed by atoms with Crippen molar-refractivity contribution >= 4 is 6.29 Å². The fourth-order valence-corrected chi connectivity index (χ4v) is 0.917. The number of carbonyl (C=O) groups excluding carboxylic acids is 1. The van der Waals surface area contributed by atoms with E-state index in [-0.39, 0.29) is 5.75 Å². The number of aliphatic hydroxyl groups is 1. The molecule has 0 amide bonds. The lowest BCUT2D eigenvalue weighted by atomic mass is 10.1. The summed E-state index contributed by atoms with van der Waals surface area (Å²) < 4.78 is 0. The minimum Gasteiger partial charge on any atom is -0.507 e. The predicted molar refractivity (Wildman–Crippen MR) is 51.1 cm³/mol. The number of aromatic hydroxyl groups is 1. The molecule has 1 aromatic rings. The number of phenolic OH excluding ortho intramolecular Hbond substituents is 1. The fourth-order valence-electron chi connectivity index (χ4n) is 0.917. The van der Waals surface area contributed by atoms with Crippen molar-refractivity contribution in [3.05, 3.63) is 28.8 Å². The summed E-state index contributed by atoms with van der Waals surface area (Å²) in [6.07, 6.45) is 0.655. The number of aliphatic hydroxyl groups excluding tert-OH is 1. The highest BCUT2D eigenvalue weighted by Crippen LogP contribution is 2.22. The smallest absolute Gasteiger partial charge is 0.153 e. The van der Waals surface area contributed by atoms with Gasteiger partial charge in [0.2, 0.25) is 0 Å². The van der Waals surface area contributed by atoms with E-state index >= 15 is 0 Å². The molecule has 0 heterocycles. The third-order valence-corrected chi connectivity index (χ3v) is 1.86. The molecule has 2 N–H and O–H groups in total. The van der Waals surface area contributed by atoms with Crippen molar-refractivity contribution < 1.29 is 15.0 Å². The molecule has 0 aliphatic heterocycles. The van der Waals surface area contributed by atoms with E-state index in [1.54, 1.807) is 13.0 Å². The molecule has 0 aromatic heterocycles. The zero-order valence-corrected chi connectivity index (χ0v) is 8.03. The van der Waals surface area contributed by atoms with Gasteiger partial charge in [-0.15, -0.1) is 0 Å². The van der Waals surface area contributed by atoms with Crippen LogP contribution in [-0.4, -0.2) is 23.6 Å². The summed E-state index contributed by atoms with van der Waals surface area (Å²) in [5.74, 6) is 0.0972. The van der Waals surface area contributed by atoms with Gasteiger partial charge in [0.25, 0.3) is 0 Å². The summed E-state index contributed by atoms with van der Waals surface area (Å²) >= 11 is 0. The quantitative estimate of drug-likeness (QED) is 0.646. The second-order valence-electron chi connectivity index (χ2n) is 2.56. The summed E-state index contributed by atoms with van der Waals surface area (Å²) in [4.78, 5) is 10.3. The largest absolute Gasteiger partial charge is 0.507 e. The van der Waals surface area contributed by atoms with E-state index < -0.39 is 0 Å². The minimum atomic E-state index is 0.0972. The molecule has 0 fully saturated rings. The van der Waals surface area contributed by atoms with Gasteiger partial charge in [-0.25, -0.2) is 0 Å². The Kier molecular flexibility index (Phi) is 4.77. The van der Waals surface area contributed by atoms with Gasteiger partial charge in [0, 0.05) is 7.11 Å². The van der Waals surface area contributed by atoms with Gasteiger partial charge in [0.1, 0.15) is 5.75 Å². The van der Waals surface area contributed by atoms with Crippen LogP contribution in [0.2, 0.25) is 0 Å². The molecule has 3 nitrogen and oxygen atoms in total. The van der Waals surface area contributed by atoms with Crippen LogP contribution in [0.3, 0.4) is 0 Å². The topological polar surface area (TPSA) is 57.5 Å². The molecule has 1 rings (SSSR count). The molecule has 0 radical (unpaired) electrons. The first kappa shape index (κ1) is 11.6. The van der Waals surface area contributed by atoms with Crippen LogP contribution in [0.4, 0.5) is 0 Å². The number of aldehydes is 1. The first-order valence-corrected chi connectivity index (χ1v) is 3.86. The van der Waals surface area contributed by atoms with E-state index in [0.717, 1.165) is 18.2 Å². The van der Waals surface area contributed by atoms with E-state index in [4.69, 9.17) is 5.11 Å². The van der Waals surface area contributed by atoms with Crippen molar-refractivity contribution in [2.24, 2.45) is 0 Å². The van der Waals surface area contributed by atoms with Crippen molar-refractivity contribution in [2.75, 3.05) is 7.11 Å². The Balaban J connectivity index is 0.000000671. The zero-order valence-electron chi connectivity index (χ0n) is 8.03. The first-order valence-electron chi connectivity index (χ1n) is 3.86. The molecule has 0 spiro atoms. The highest BCUT2D eigenvalue weighted by atomic mass is 16.3. The molecule has 0 unspecified atom stereocenters. The molecule has 0 atom stereocenters. The maximum absolute atomic E-state index is 10.3. The van der Waals surface area contributed by atoms with Crippen LogP contribution in [0.1, 0.15) is 21.5 Å². The van der Waals surface area contributed by atoms with Crippen LogP contribution in [0.5, 0.6) is 5.75 Å². The van der Waals surface area contributed by atoms with Gasteiger partial charge in [0.05, 0.1) is 5.56 Å². The summed E-state index contributed by atoms with van der Waals surface area (Å²) in [5, 5.41) is 16.3. The fraction of sp³-hybridized carbons (Fsp3) is 0.300. The van der Waals surface area contributed by atoms with E-state index in [9.17, 15) is 9.90 Å². The normalized spacial score (nSPS) is 8.62. The van der Waals surface area contributed by atoms with E-state index in [0.29, 0.717) is 11.8 Å². The van der Waals surface area contributed by atoms with E-state index in [1.165, 1.54) is 0 Å². The molecule has 0 saturated carbocycles. The summed E-state index contributed by atoms with van der Waals surface area (Å²) in [6.45, 7) is 3.68. The Labute approximate surface area is 77.6 Å². The number of hydrogen-bond donors (Lipinski definition) is 2. The van der Waals surface area contributed by atoms with Gasteiger partial charge >= 0.3 is 0 Å². The lowest BCUT2D eigenvalue weighted by Crippen LogP contribution is -1.87. The second-order valence-corrected chi connectivity index (χ2v) is 2.56. The highest BCUT2D eigenvalue weighted by Gasteiger charge is 2.03. The minimum absolute atomic E-state index is 0.0972. The van der Waals surface area contributed by atoms with Crippen LogP contribution < -0.4 is 0 Å². The van der Waals surface area contributed by atoms with Gasteiger partial charge in [-0.05, 0) is 31.0 Å². The molecular weight excluding hydrogens is 168 g/mol. The molecule has 3 heteroatoms. The third kappa shape index (κ3) is 2.56. The highest BCUT2D eigenvalue weighted by molar-refractivity contribution is 5.80. The van der Waals surface area contributed by atoms with Crippen LogP contribution in [0, 0.1) is 13.8 Å². The molecular formula is C10H14O3. The molecule has 0 bridgehead atoms.